The molecule has 0 aliphatic carbocycles. The van der Waals surface area contributed by atoms with Gasteiger partial charge >= 0.3 is 0 Å². The van der Waals surface area contributed by atoms with E-state index in [9.17, 15) is 4.79 Å². The van der Waals surface area contributed by atoms with Gasteiger partial charge in [0.2, 0.25) is 5.91 Å². The fourth-order valence-electron chi connectivity index (χ4n) is 2.91. The highest BCUT2D eigenvalue weighted by atomic mass is 16.2. The molecule has 20 heavy (non-hydrogen) atoms. The molecule has 112 valence electrons. The lowest BCUT2D eigenvalue weighted by Gasteiger charge is -2.35. The molecular formula is C14H25N5O. The minimum absolute atomic E-state index is 0.0329. The van der Waals surface area contributed by atoms with Crippen molar-refractivity contribution in [2.45, 2.75) is 39.8 Å². The van der Waals surface area contributed by atoms with Gasteiger partial charge in [-0.3, -0.25) is 14.4 Å². The van der Waals surface area contributed by atoms with Gasteiger partial charge < -0.3 is 10.6 Å². The molecule has 2 heterocycles. The van der Waals surface area contributed by atoms with E-state index in [0.29, 0.717) is 18.6 Å². The Kier molecular flexibility index (Phi) is 4.45. The van der Waals surface area contributed by atoms with Gasteiger partial charge in [-0.1, -0.05) is 0 Å². The van der Waals surface area contributed by atoms with Crippen LogP contribution in [0.4, 0.5) is 5.69 Å². The van der Waals surface area contributed by atoms with Gasteiger partial charge in [-0.2, -0.15) is 5.10 Å². The predicted molar refractivity (Wildman–Crippen MR) is 79.8 cm³/mol. The standard InChI is InChI=1S/C14H25N5O/c1-9-6-19(7-10(2)15-9)8-13(20)16-14-11(3)17-18(5)12(14)4/h9-10,15H,6-8H2,1-5H3,(H,16,20). The molecule has 2 rings (SSSR count). The number of nitrogens with zero attached hydrogens (tertiary/aromatic N) is 3. The summed E-state index contributed by atoms with van der Waals surface area (Å²) < 4.78 is 1.79. The summed E-state index contributed by atoms with van der Waals surface area (Å²) in [6, 6.07) is 0.849. The zero-order chi connectivity index (χ0) is 14.9. The average molecular weight is 279 g/mol. The fraction of sp³-hybridized carbons (Fsp3) is 0.714. The van der Waals surface area contributed by atoms with Gasteiger partial charge in [0.05, 0.1) is 23.6 Å². The molecular weight excluding hydrogens is 254 g/mol. The van der Waals surface area contributed by atoms with E-state index in [1.54, 1.807) is 4.68 Å². The molecule has 1 aromatic rings. The normalized spacial score (nSPS) is 23.9. The second-order valence-corrected chi connectivity index (χ2v) is 5.88. The molecule has 6 heteroatoms. The fourth-order valence-corrected chi connectivity index (χ4v) is 2.91. The van der Waals surface area contributed by atoms with Gasteiger partial charge in [0.25, 0.3) is 0 Å². The number of piperazine rings is 1. The number of anilines is 1. The van der Waals surface area contributed by atoms with Crippen molar-refractivity contribution in [3.05, 3.63) is 11.4 Å². The van der Waals surface area contributed by atoms with Crippen molar-refractivity contribution in [1.29, 1.82) is 0 Å². The summed E-state index contributed by atoms with van der Waals surface area (Å²) in [6.07, 6.45) is 0. The maximum Gasteiger partial charge on any atom is 0.238 e. The Bertz CT molecular complexity index is 486. The van der Waals surface area contributed by atoms with Crippen LogP contribution in [0.3, 0.4) is 0 Å². The first kappa shape index (κ1) is 15.0. The van der Waals surface area contributed by atoms with E-state index in [4.69, 9.17) is 0 Å². The summed E-state index contributed by atoms with van der Waals surface area (Å²) in [4.78, 5) is 14.4. The first-order valence-corrected chi connectivity index (χ1v) is 7.15. The molecule has 0 aromatic carbocycles. The van der Waals surface area contributed by atoms with E-state index < -0.39 is 0 Å². The van der Waals surface area contributed by atoms with Gasteiger partial charge in [-0.05, 0) is 27.7 Å². The number of amides is 1. The molecule has 2 N–H and O–H groups in total. The van der Waals surface area contributed by atoms with E-state index >= 15 is 0 Å². The second kappa shape index (κ2) is 5.93. The van der Waals surface area contributed by atoms with Gasteiger partial charge in [-0.25, -0.2) is 0 Å². The molecule has 1 saturated heterocycles. The van der Waals surface area contributed by atoms with Crippen LogP contribution in [0, 0.1) is 13.8 Å². The molecule has 0 bridgehead atoms. The van der Waals surface area contributed by atoms with Crippen LogP contribution in [0.25, 0.3) is 0 Å². The Morgan fingerprint density at radius 1 is 1.35 bits per heavy atom. The number of hydrogen-bond acceptors (Lipinski definition) is 4. The van der Waals surface area contributed by atoms with Crippen molar-refractivity contribution >= 4 is 11.6 Å². The molecule has 0 saturated carbocycles. The lowest BCUT2D eigenvalue weighted by molar-refractivity contribution is -0.117. The van der Waals surface area contributed by atoms with Crippen molar-refractivity contribution in [2.75, 3.05) is 25.0 Å². The maximum absolute atomic E-state index is 12.2. The van der Waals surface area contributed by atoms with Crippen molar-refractivity contribution in [1.82, 2.24) is 20.0 Å². The van der Waals surface area contributed by atoms with E-state index in [1.165, 1.54) is 0 Å². The molecule has 1 amide bonds. The lowest BCUT2D eigenvalue weighted by Crippen LogP contribution is -2.55. The summed E-state index contributed by atoms with van der Waals surface area (Å²) in [6.45, 7) is 10.4. The highest BCUT2D eigenvalue weighted by Crippen LogP contribution is 2.18. The Labute approximate surface area is 120 Å². The van der Waals surface area contributed by atoms with Crippen molar-refractivity contribution in [3.63, 3.8) is 0 Å². The molecule has 0 spiro atoms. The minimum atomic E-state index is 0.0329. The molecule has 1 fully saturated rings. The summed E-state index contributed by atoms with van der Waals surface area (Å²) in [7, 11) is 1.89. The van der Waals surface area contributed by atoms with Crippen molar-refractivity contribution in [2.24, 2.45) is 7.05 Å². The molecule has 1 aliphatic heterocycles. The monoisotopic (exact) mass is 279 g/mol. The van der Waals surface area contributed by atoms with Crippen LogP contribution < -0.4 is 10.6 Å². The Morgan fingerprint density at radius 3 is 2.45 bits per heavy atom. The third-order valence-electron chi connectivity index (χ3n) is 3.77. The molecule has 1 aliphatic rings. The summed E-state index contributed by atoms with van der Waals surface area (Å²) in [5.41, 5.74) is 2.69. The number of aromatic nitrogens is 2. The highest BCUT2D eigenvalue weighted by molar-refractivity contribution is 5.93. The number of nitrogens with one attached hydrogen (secondary N) is 2. The number of carbonyl (C=O) groups excluding carboxylic acids is 1. The zero-order valence-electron chi connectivity index (χ0n) is 13.0. The van der Waals surface area contributed by atoms with Gasteiger partial charge in [0.15, 0.2) is 0 Å². The summed E-state index contributed by atoms with van der Waals surface area (Å²) >= 11 is 0. The number of hydrogen-bond donors (Lipinski definition) is 2. The van der Waals surface area contributed by atoms with E-state index in [-0.39, 0.29) is 5.91 Å². The summed E-state index contributed by atoms with van der Waals surface area (Å²) in [5, 5.41) is 10.8. The topological polar surface area (TPSA) is 62.2 Å². The van der Waals surface area contributed by atoms with Crippen LogP contribution in [0.5, 0.6) is 0 Å². The Balaban J connectivity index is 1.95. The van der Waals surface area contributed by atoms with E-state index in [1.807, 2.05) is 20.9 Å². The highest BCUT2D eigenvalue weighted by Gasteiger charge is 2.23. The SMILES string of the molecule is Cc1nn(C)c(C)c1NC(=O)CN1CC(C)NC(C)C1. The van der Waals surface area contributed by atoms with Gasteiger partial charge in [0.1, 0.15) is 0 Å². The number of carbonyl (C=O) groups is 1. The summed E-state index contributed by atoms with van der Waals surface area (Å²) in [5.74, 6) is 0.0329. The number of rotatable bonds is 3. The van der Waals surface area contributed by atoms with Crippen LogP contribution >= 0.6 is 0 Å². The first-order chi connectivity index (χ1) is 9.36. The van der Waals surface area contributed by atoms with E-state index in [0.717, 1.165) is 30.2 Å². The second-order valence-electron chi connectivity index (χ2n) is 5.88. The smallest absolute Gasteiger partial charge is 0.238 e. The van der Waals surface area contributed by atoms with Crippen LogP contribution in [0.1, 0.15) is 25.2 Å². The molecule has 2 atom stereocenters. The van der Waals surface area contributed by atoms with Crippen molar-refractivity contribution < 1.29 is 4.79 Å². The number of aryl methyl sites for hydroxylation is 2. The Morgan fingerprint density at radius 2 is 1.95 bits per heavy atom. The van der Waals surface area contributed by atoms with E-state index in [2.05, 4.69) is 34.5 Å². The quantitative estimate of drug-likeness (QED) is 0.853. The average Bonchev–Trinajstić information content (AvgIpc) is 2.54. The van der Waals surface area contributed by atoms with Gasteiger partial charge in [-0.15, -0.1) is 0 Å². The van der Waals surface area contributed by atoms with Crippen LogP contribution in [0.15, 0.2) is 0 Å². The first-order valence-electron chi connectivity index (χ1n) is 7.15. The van der Waals surface area contributed by atoms with Gasteiger partial charge in [0, 0.05) is 32.2 Å². The van der Waals surface area contributed by atoms with Crippen LogP contribution in [-0.4, -0.2) is 52.3 Å². The van der Waals surface area contributed by atoms with Crippen LogP contribution in [-0.2, 0) is 11.8 Å². The van der Waals surface area contributed by atoms with Crippen molar-refractivity contribution in [3.8, 4) is 0 Å². The third kappa shape index (κ3) is 3.37. The molecule has 1 aromatic heterocycles. The largest absolute Gasteiger partial charge is 0.322 e. The molecule has 6 nitrogen and oxygen atoms in total. The lowest BCUT2D eigenvalue weighted by atomic mass is 10.1. The Hall–Kier alpha value is -1.40. The predicted octanol–water partition coefficient (Wildman–Crippen LogP) is 0.658. The maximum atomic E-state index is 12.2. The van der Waals surface area contributed by atoms with Crippen LogP contribution in [0.2, 0.25) is 0 Å². The zero-order valence-corrected chi connectivity index (χ0v) is 13.0. The molecule has 2 unspecified atom stereocenters. The minimum Gasteiger partial charge on any atom is -0.322 e. The molecule has 0 radical (unpaired) electrons. The third-order valence-corrected chi connectivity index (χ3v) is 3.77.